The van der Waals surface area contributed by atoms with Crippen LogP contribution in [-0.2, 0) is 19.0 Å². The Kier molecular flexibility index (Phi) is 8.03. The lowest BCUT2D eigenvalue weighted by Gasteiger charge is -2.22. The van der Waals surface area contributed by atoms with Gasteiger partial charge in [0.1, 0.15) is 11.6 Å². The molecule has 0 saturated heterocycles. The van der Waals surface area contributed by atoms with Crippen molar-refractivity contribution >= 4 is 5.97 Å². The number of hydrogen-bond acceptors (Lipinski definition) is 5. The largest absolute Gasteiger partial charge is 0.432 e. The van der Waals surface area contributed by atoms with E-state index in [4.69, 9.17) is 19.5 Å². The van der Waals surface area contributed by atoms with Crippen LogP contribution in [0.25, 0.3) is 0 Å². The molecule has 0 aromatic heterocycles. The lowest BCUT2D eigenvalue weighted by molar-refractivity contribution is -0.239. The molecule has 5 heteroatoms. The topological polar surface area (TPSA) is 68.6 Å². The first-order chi connectivity index (χ1) is 8.08. The van der Waals surface area contributed by atoms with Crippen LogP contribution in [0.5, 0.6) is 0 Å². The summed E-state index contributed by atoms with van der Waals surface area (Å²) >= 11 is 0. The quantitative estimate of drug-likeness (QED) is 0.282. The van der Waals surface area contributed by atoms with Crippen LogP contribution in [0.2, 0.25) is 0 Å². The van der Waals surface area contributed by atoms with Crippen LogP contribution in [0.15, 0.2) is 12.2 Å². The predicted molar refractivity (Wildman–Crippen MR) is 61.7 cm³/mol. The Morgan fingerprint density at radius 1 is 1.29 bits per heavy atom. The van der Waals surface area contributed by atoms with Gasteiger partial charge in [-0.2, -0.15) is 5.26 Å². The molecule has 0 aromatic carbocycles. The summed E-state index contributed by atoms with van der Waals surface area (Å²) < 4.78 is 15.7. The van der Waals surface area contributed by atoms with E-state index < -0.39 is 18.5 Å². The fourth-order valence-electron chi connectivity index (χ4n) is 1.05. The van der Waals surface area contributed by atoms with E-state index in [1.165, 1.54) is 0 Å². The van der Waals surface area contributed by atoms with Gasteiger partial charge in [0.05, 0.1) is 0 Å². The van der Waals surface area contributed by atoms with Crippen molar-refractivity contribution in [1.82, 2.24) is 0 Å². The molecular weight excluding hydrogens is 222 g/mol. The maximum Gasteiger partial charge on any atom is 0.350 e. The third-order valence-corrected chi connectivity index (χ3v) is 1.94. The molecule has 96 valence electrons. The first-order valence-corrected chi connectivity index (χ1v) is 5.65. The molecule has 0 aliphatic carbocycles. The minimum Gasteiger partial charge on any atom is -0.432 e. The summed E-state index contributed by atoms with van der Waals surface area (Å²) in [5, 5.41) is 8.49. The normalized spacial score (nSPS) is 13.5. The molecule has 0 rings (SSSR count). The van der Waals surface area contributed by atoms with E-state index in [1.807, 2.05) is 20.8 Å². The number of rotatable bonds is 8. The van der Waals surface area contributed by atoms with Gasteiger partial charge in [0.2, 0.25) is 6.29 Å². The number of nitrogens with zero attached hydrogens (tertiary/aromatic N) is 1. The van der Waals surface area contributed by atoms with Crippen LogP contribution < -0.4 is 0 Å². The van der Waals surface area contributed by atoms with E-state index in [2.05, 4.69) is 6.58 Å². The van der Waals surface area contributed by atoms with Crippen LogP contribution in [0, 0.1) is 11.3 Å². The monoisotopic (exact) mass is 241 g/mol. The molecule has 2 unspecified atom stereocenters. The van der Waals surface area contributed by atoms with E-state index in [9.17, 15) is 4.79 Å². The lowest BCUT2D eigenvalue weighted by Crippen LogP contribution is -2.28. The number of carbonyl (C=O) groups excluding carboxylic acids is 1. The van der Waals surface area contributed by atoms with Crippen LogP contribution >= 0.6 is 0 Å². The molecule has 0 radical (unpaired) electrons. The second kappa shape index (κ2) is 8.74. The van der Waals surface area contributed by atoms with Crippen LogP contribution in [0.4, 0.5) is 0 Å². The molecule has 0 aromatic rings. The van der Waals surface area contributed by atoms with E-state index >= 15 is 0 Å². The average Bonchev–Trinajstić information content (AvgIpc) is 2.35. The van der Waals surface area contributed by atoms with E-state index in [-0.39, 0.29) is 5.57 Å². The Bertz CT molecular complexity index is 295. The van der Waals surface area contributed by atoms with Crippen molar-refractivity contribution < 1.29 is 19.0 Å². The van der Waals surface area contributed by atoms with Crippen molar-refractivity contribution in [3.8, 4) is 6.07 Å². The Morgan fingerprint density at radius 2 is 1.88 bits per heavy atom. The summed E-state index contributed by atoms with van der Waals surface area (Å²) in [5.74, 6) is -0.759. The third kappa shape index (κ3) is 6.05. The van der Waals surface area contributed by atoms with Crippen molar-refractivity contribution in [2.45, 2.75) is 46.2 Å². The fourth-order valence-corrected chi connectivity index (χ4v) is 1.05. The van der Waals surface area contributed by atoms with Gasteiger partial charge in [-0.05, 0) is 13.3 Å². The van der Waals surface area contributed by atoms with Gasteiger partial charge in [-0.1, -0.05) is 20.4 Å². The lowest BCUT2D eigenvalue weighted by atomic mass is 10.3. The van der Waals surface area contributed by atoms with Crippen LogP contribution in [0.3, 0.4) is 0 Å². The predicted octanol–water partition coefficient (Wildman–Crippen LogP) is 2.13. The van der Waals surface area contributed by atoms with E-state index in [1.54, 1.807) is 6.07 Å². The summed E-state index contributed by atoms with van der Waals surface area (Å²) in [6.45, 7) is 9.37. The molecule has 17 heavy (non-hydrogen) atoms. The Labute approximate surface area is 102 Å². The number of ether oxygens (including phenoxy) is 3. The highest BCUT2D eigenvalue weighted by atomic mass is 16.8. The molecule has 2 atom stereocenters. The molecular formula is C12H19NO4. The average molecular weight is 241 g/mol. The third-order valence-electron chi connectivity index (χ3n) is 1.94. The van der Waals surface area contributed by atoms with Gasteiger partial charge in [0, 0.05) is 13.0 Å². The minimum atomic E-state index is -0.759. The second-order valence-electron chi connectivity index (χ2n) is 3.26. The van der Waals surface area contributed by atoms with E-state index in [0.717, 1.165) is 0 Å². The maximum absolute atomic E-state index is 11.3. The van der Waals surface area contributed by atoms with Gasteiger partial charge in [0.15, 0.2) is 6.29 Å². The molecule has 0 heterocycles. The zero-order valence-electron chi connectivity index (χ0n) is 10.6. The molecule has 0 N–H and O–H groups in total. The summed E-state index contributed by atoms with van der Waals surface area (Å²) in [6.07, 6.45) is 0.00645. The second-order valence-corrected chi connectivity index (χ2v) is 3.26. The number of carbonyl (C=O) groups is 1. The highest BCUT2D eigenvalue weighted by Gasteiger charge is 2.19. The SMILES string of the molecule is C=C(C#N)C(=O)OC(CC)OC(CC)OCC. The Morgan fingerprint density at radius 3 is 2.29 bits per heavy atom. The fraction of sp³-hybridized carbons (Fsp3) is 0.667. The molecule has 0 saturated carbocycles. The Hall–Kier alpha value is -1.38. The summed E-state index contributed by atoms with van der Waals surface area (Å²) in [7, 11) is 0. The zero-order chi connectivity index (χ0) is 13.3. The van der Waals surface area contributed by atoms with Crippen molar-refractivity contribution in [3.05, 3.63) is 12.2 Å². The van der Waals surface area contributed by atoms with Gasteiger partial charge in [-0.3, -0.25) is 0 Å². The van der Waals surface area contributed by atoms with Crippen LogP contribution in [0.1, 0.15) is 33.6 Å². The van der Waals surface area contributed by atoms with Gasteiger partial charge < -0.3 is 14.2 Å². The van der Waals surface area contributed by atoms with Gasteiger partial charge >= 0.3 is 5.97 Å². The minimum absolute atomic E-state index is 0.239. The maximum atomic E-state index is 11.3. The first-order valence-electron chi connectivity index (χ1n) is 5.65. The van der Waals surface area contributed by atoms with Gasteiger partial charge in [-0.25, -0.2) is 4.79 Å². The highest BCUT2D eigenvalue weighted by Crippen LogP contribution is 2.10. The van der Waals surface area contributed by atoms with Crippen LogP contribution in [-0.4, -0.2) is 25.2 Å². The van der Waals surface area contributed by atoms with Crippen molar-refractivity contribution in [2.75, 3.05) is 6.61 Å². The molecule has 5 nitrogen and oxygen atoms in total. The Balaban J connectivity index is 4.29. The van der Waals surface area contributed by atoms with Crippen molar-refractivity contribution in [3.63, 3.8) is 0 Å². The molecule has 0 aliphatic rings. The smallest absolute Gasteiger partial charge is 0.350 e. The van der Waals surface area contributed by atoms with Crippen molar-refractivity contribution in [1.29, 1.82) is 5.26 Å². The number of nitriles is 1. The molecule has 0 spiro atoms. The van der Waals surface area contributed by atoms with Gasteiger partial charge in [-0.15, -0.1) is 0 Å². The molecule has 0 amide bonds. The first kappa shape index (κ1) is 15.6. The summed E-state index contributed by atoms with van der Waals surface area (Å²) in [6, 6.07) is 1.63. The summed E-state index contributed by atoms with van der Waals surface area (Å²) in [4.78, 5) is 11.3. The summed E-state index contributed by atoms with van der Waals surface area (Å²) in [5.41, 5.74) is -0.239. The molecule has 0 fully saturated rings. The zero-order valence-corrected chi connectivity index (χ0v) is 10.6. The number of esters is 1. The van der Waals surface area contributed by atoms with E-state index in [0.29, 0.717) is 19.4 Å². The van der Waals surface area contributed by atoms with Gasteiger partial charge in [0.25, 0.3) is 0 Å². The highest BCUT2D eigenvalue weighted by molar-refractivity contribution is 5.91. The van der Waals surface area contributed by atoms with Crippen molar-refractivity contribution in [2.24, 2.45) is 0 Å². The standard InChI is InChI=1S/C12H19NO4/c1-5-10(15-7-3)16-11(6-2)17-12(14)9(4)8-13/h10-11H,4-7H2,1-3H3. The number of hydrogen-bond donors (Lipinski definition) is 0. The molecule has 0 bridgehead atoms. The molecule has 0 aliphatic heterocycles.